The number of aliphatic hydroxyl groups is 1. The number of ketones is 1. The highest BCUT2D eigenvalue weighted by atomic mass is 16.5. The first-order valence-corrected chi connectivity index (χ1v) is 14.3. The van der Waals surface area contributed by atoms with Crippen LogP contribution in [0.2, 0.25) is 0 Å². The number of carbonyl (C=O) groups is 1. The molecule has 7 heteroatoms. The van der Waals surface area contributed by atoms with Gasteiger partial charge in [0.25, 0.3) is 0 Å². The first-order valence-electron chi connectivity index (χ1n) is 14.3. The molecule has 36 heavy (non-hydrogen) atoms. The third kappa shape index (κ3) is 5.25. The number of hydrogen-bond acceptors (Lipinski definition) is 6. The molecule has 4 aliphatic carbocycles. The van der Waals surface area contributed by atoms with E-state index in [0.29, 0.717) is 56.5 Å². The van der Waals surface area contributed by atoms with Gasteiger partial charge in [0.05, 0.1) is 32.0 Å². The second-order valence-electron chi connectivity index (χ2n) is 12.6. The first-order chi connectivity index (χ1) is 17.3. The Labute approximate surface area is 216 Å². The monoisotopic (exact) mass is 502 g/mol. The summed E-state index contributed by atoms with van der Waals surface area (Å²) < 4.78 is 17.8. The van der Waals surface area contributed by atoms with Crippen LogP contribution in [-0.4, -0.2) is 59.8 Å². The molecule has 5 rings (SSSR count). The number of Topliss-reactive ketones (excluding diaryl/α,β-unsaturated/α-hetero) is 1. The van der Waals surface area contributed by atoms with E-state index < -0.39 is 5.60 Å². The normalized spacial score (nSPS) is 39.8. The Kier molecular flexibility index (Phi) is 7.81. The summed E-state index contributed by atoms with van der Waals surface area (Å²) in [5, 5.41) is 15.1. The maximum Gasteiger partial charge on any atom is 0.232 e. The van der Waals surface area contributed by atoms with E-state index >= 15 is 0 Å². The molecule has 4 fully saturated rings. The lowest BCUT2D eigenvalue weighted by Gasteiger charge is -2.56. The summed E-state index contributed by atoms with van der Waals surface area (Å²) in [4.78, 5) is 13.5. The van der Waals surface area contributed by atoms with Crippen molar-refractivity contribution in [3.05, 3.63) is 12.3 Å². The molecule has 0 aliphatic heterocycles. The summed E-state index contributed by atoms with van der Waals surface area (Å²) in [7, 11) is 1.65. The van der Waals surface area contributed by atoms with Crippen molar-refractivity contribution in [3.8, 4) is 5.88 Å². The van der Waals surface area contributed by atoms with Crippen molar-refractivity contribution in [3.63, 3.8) is 0 Å². The standard InChI is InChI=1S/C29H46N2O5/c1-28(33)11-8-21-20(18-28)4-5-23-22(21)9-12-29(2)24(23)6-7-25(29)26(32)19-31-13-10-27(30-31)36-17-16-35-15-14-34-3/h10,13,20-25,33H,4-9,11-12,14-19H2,1-3H3/t20-,21+,22-,23-,24+,25-,28-,29+/m1/s1. The van der Waals surface area contributed by atoms with Crippen LogP contribution in [0.5, 0.6) is 5.88 Å². The molecule has 4 saturated carbocycles. The Balaban J connectivity index is 1.16. The number of fused-ring (bicyclic) bond motifs is 5. The average molecular weight is 503 g/mol. The minimum Gasteiger partial charge on any atom is -0.474 e. The van der Waals surface area contributed by atoms with E-state index in [1.807, 2.05) is 19.2 Å². The second kappa shape index (κ2) is 10.7. The minimum absolute atomic E-state index is 0.122. The van der Waals surface area contributed by atoms with Crippen molar-refractivity contribution < 1.29 is 24.1 Å². The van der Waals surface area contributed by atoms with Crippen LogP contribution in [0.4, 0.5) is 0 Å². The van der Waals surface area contributed by atoms with Crippen molar-refractivity contribution in [2.75, 3.05) is 33.5 Å². The van der Waals surface area contributed by atoms with E-state index in [4.69, 9.17) is 14.2 Å². The van der Waals surface area contributed by atoms with E-state index in [-0.39, 0.29) is 11.3 Å². The number of nitrogens with zero attached hydrogens (tertiary/aromatic N) is 2. The molecule has 0 radical (unpaired) electrons. The highest BCUT2D eigenvalue weighted by Crippen LogP contribution is 2.64. The number of hydrogen-bond donors (Lipinski definition) is 1. The van der Waals surface area contributed by atoms with Gasteiger partial charge in [0.1, 0.15) is 6.61 Å². The maximum atomic E-state index is 13.5. The van der Waals surface area contributed by atoms with Crippen molar-refractivity contribution in [1.82, 2.24) is 9.78 Å². The molecule has 4 aliphatic rings. The number of rotatable bonds is 10. The van der Waals surface area contributed by atoms with E-state index in [0.717, 1.165) is 37.0 Å². The molecule has 1 N–H and O–H groups in total. The topological polar surface area (TPSA) is 82.8 Å². The van der Waals surface area contributed by atoms with Crippen molar-refractivity contribution in [2.24, 2.45) is 40.9 Å². The maximum absolute atomic E-state index is 13.5. The van der Waals surface area contributed by atoms with E-state index in [9.17, 15) is 9.90 Å². The van der Waals surface area contributed by atoms with Crippen LogP contribution in [-0.2, 0) is 20.8 Å². The van der Waals surface area contributed by atoms with Gasteiger partial charge in [-0.1, -0.05) is 6.92 Å². The molecule has 1 heterocycles. The van der Waals surface area contributed by atoms with Crippen molar-refractivity contribution in [2.45, 2.75) is 83.8 Å². The van der Waals surface area contributed by atoms with E-state index in [2.05, 4.69) is 12.0 Å². The lowest BCUT2D eigenvalue weighted by atomic mass is 9.49. The number of carbonyl (C=O) groups excluding carboxylic acids is 1. The second-order valence-corrected chi connectivity index (χ2v) is 12.6. The summed E-state index contributed by atoms with van der Waals surface area (Å²) >= 11 is 0. The molecule has 8 atom stereocenters. The molecular weight excluding hydrogens is 456 g/mol. The Bertz CT molecular complexity index is 900. The van der Waals surface area contributed by atoms with Crippen LogP contribution in [0.15, 0.2) is 12.3 Å². The summed E-state index contributed by atoms with van der Waals surface area (Å²) in [5.74, 6) is 4.73. The van der Waals surface area contributed by atoms with Crippen molar-refractivity contribution >= 4 is 5.78 Å². The largest absolute Gasteiger partial charge is 0.474 e. The summed E-state index contributed by atoms with van der Waals surface area (Å²) in [5.41, 5.74) is -0.339. The predicted molar refractivity (Wildman–Crippen MR) is 137 cm³/mol. The van der Waals surface area contributed by atoms with Crippen molar-refractivity contribution in [1.29, 1.82) is 0 Å². The number of ether oxygens (including phenoxy) is 3. The quantitative estimate of drug-likeness (QED) is 0.474. The van der Waals surface area contributed by atoms with Crippen LogP contribution in [0.1, 0.15) is 71.6 Å². The van der Waals surface area contributed by atoms with Gasteiger partial charge in [-0.05, 0) is 99.7 Å². The molecule has 0 spiro atoms. The van der Waals surface area contributed by atoms with Gasteiger partial charge in [0.2, 0.25) is 5.88 Å². The van der Waals surface area contributed by atoms with Gasteiger partial charge in [0.15, 0.2) is 5.78 Å². The molecule has 0 unspecified atom stereocenters. The van der Waals surface area contributed by atoms with Crippen LogP contribution in [0.25, 0.3) is 0 Å². The smallest absolute Gasteiger partial charge is 0.232 e. The zero-order chi connectivity index (χ0) is 25.3. The Morgan fingerprint density at radius 1 is 1.03 bits per heavy atom. The molecule has 0 saturated heterocycles. The summed E-state index contributed by atoms with van der Waals surface area (Å²) in [6.45, 7) is 6.82. The lowest BCUT2D eigenvalue weighted by Crippen LogP contribution is -2.51. The van der Waals surface area contributed by atoms with Crippen LogP contribution in [0.3, 0.4) is 0 Å². The molecule has 1 aromatic rings. The van der Waals surface area contributed by atoms with Gasteiger partial charge in [-0.25, -0.2) is 0 Å². The molecule has 0 aromatic carbocycles. The van der Waals surface area contributed by atoms with E-state index in [1.54, 1.807) is 11.8 Å². The van der Waals surface area contributed by atoms with Gasteiger partial charge in [0, 0.05) is 25.3 Å². The van der Waals surface area contributed by atoms with Crippen LogP contribution < -0.4 is 4.74 Å². The van der Waals surface area contributed by atoms with Gasteiger partial charge < -0.3 is 19.3 Å². The zero-order valence-corrected chi connectivity index (χ0v) is 22.5. The zero-order valence-electron chi connectivity index (χ0n) is 22.5. The minimum atomic E-state index is -0.461. The molecule has 0 amide bonds. The Hall–Kier alpha value is -1.44. The first kappa shape index (κ1) is 26.2. The Morgan fingerprint density at radius 3 is 2.67 bits per heavy atom. The molecule has 7 nitrogen and oxygen atoms in total. The highest BCUT2D eigenvalue weighted by Gasteiger charge is 2.58. The summed E-state index contributed by atoms with van der Waals surface area (Å²) in [6.07, 6.45) is 12.2. The average Bonchev–Trinajstić information content (AvgIpc) is 3.43. The van der Waals surface area contributed by atoms with Gasteiger partial charge >= 0.3 is 0 Å². The third-order valence-electron chi connectivity index (χ3n) is 10.5. The predicted octanol–water partition coefficient (Wildman–Crippen LogP) is 4.51. The fourth-order valence-corrected chi connectivity index (χ4v) is 8.84. The molecular formula is C29H46N2O5. The van der Waals surface area contributed by atoms with Gasteiger partial charge in [-0.3, -0.25) is 9.48 Å². The number of methoxy groups -OCH3 is 1. The fraction of sp³-hybridized carbons (Fsp3) is 0.862. The molecule has 202 valence electrons. The fourth-order valence-electron chi connectivity index (χ4n) is 8.84. The highest BCUT2D eigenvalue weighted by molar-refractivity contribution is 5.82. The van der Waals surface area contributed by atoms with E-state index in [1.165, 1.54) is 38.5 Å². The Morgan fingerprint density at radius 2 is 1.83 bits per heavy atom. The third-order valence-corrected chi connectivity index (χ3v) is 10.5. The lowest BCUT2D eigenvalue weighted by molar-refractivity contribution is -0.133. The van der Waals surface area contributed by atoms with Gasteiger partial charge in [-0.15, -0.1) is 5.10 Å². The molecule has 1 aromatic heterocycles. The summed E-state index contributed by atoms with van der Waals surface area (Å²) in [6, 6.07) is 1.83. The number of aromatic nitrogens is 2. The van der Waals surface area contributed by atoms with Crippen LogP contribution in [0, 0.1) is 40.9 Å². The van der Waals surface area contributed by atoms with Crippen LogP contribution >= 0.6 is 0 Å². The molecule has 0 bridgehead atoms. The van der Waals surface area contributed by atoms with Gasteiger partial charge in [-0.2, -0.15) is 0 Å². The SMILES string of the molecule is COCCOCCOc1ccn(CC(=O)[C@H]2CC[C@H]3[C@@H]4CC[C@@H]5C[C@](C)(O)CC[C@@H]5[C@H]4CC[C@]23C)n1.